The minimum Gasteiger partial charge on any atom is -0.317 e. The Morgan fingerprint density at radius 1 is 1.29 bits per heavy atom. The summed E-state index contributed by atoms with van der Waals surface area (Å²) < 4.78 is 27.9. The number of benzene rings is 1. The van der Waals surface area contributed by atoms with Crippen LogP contribution in [-0.2, 0) is 10.0 Å². The Bertz CT molecular complexity index is 716. The van der Waals surface area contributed by atoms with E-state index in [-0.39, 0.29) is 28.4 Å². The second-order valence-corrected chi connectivity index (χ2v) is 8.26. The Morgan fingerprint density at radius 2 is 1.88 bits per heavy atom. The summed E-state index contributed by atoms with van der Waals surface area (Å²) in [6.07, 6.45) is 1.78. The van der Waals surface area contributed by atoms with Gasteiger partial charge in [-0.2, -0.15) is 0 Å². The maximum atomic E-state index is 12.6. The van der Waals surface area contributed by atoms with Gasteiger partial charge in [0.05, 0.1) is 9.82 Å². The number of nitrogens with zero attached hydrogens (tertiary/aromatic N) is 1. The molecular formula is C15H24ClN3O4S. The number of halogens is 1. The number of sulfonamides is 1. The Morgan fingerprint density at radius 3 is 2.42 bits per heavy atom. The van der Waals surface area contributed by atoms with E-state index in [4.69, 9.17) is 0 Å². The Hall–Kier alpha value is -1.22. The van der Waals surface area contributed by atoms with Crippen molar-refractivity contribution in [3.8, 4) is 0 Å². The third kappa shape index (κ3) is 4.66. The Kier molecular flexibility index (Phi) is 6.75. The molecule has 0 saturated carbocycles. The van der Waals surface area contributed by atoms with E-state index in [0.29, 0.717) is 17.7 Å². The van der Waals surface area contributed by atoms with E-state index in [9.17, 15) is 18.5 Å². The first-order valence-corrected chi connectivity index (χ1v) is 9.09. The van der Waals surface area contributed by atoms with Crippen LogP contribution in [0.5, 0.6) is 0 Å². The van der Waals surface area contributed by atoms with Crippen LogP contribution < -0.4 is 10.0 Å². The number of nitro benzene ring substituents is 1. The largest absolute Gasteiger partial charge is 0.317 e. The number of nitro groups is 1. The predicted octanol–water partition coefficient (Wildman–Crippen LogP) is 2.30. The highest BCUT2D eigenvalue weighted by molar-refractivity contribution is 7.89. The molecule has 24 heavy (non-hydrogen) atoms. The molecular weight excluding hydrogens is 354 g/mol. The zero-order valence-corrected chi connectivity index (χ0v) is 15.7. The van der Waals surface area contributed by atoms with E-state index >= 15 is 0 Å². The predicted molar refractivity (Wildman–Crippen MR) is 95.2 cm³/mol. The van der Waals surface area contributed by atoms with Crippen molar-refractivity contribution in [2.24, 2.45) is 5.41 Å². The number of piperidine rings is 1. The maximum Gasteiger partial charge on any atom is 0.271 e. The van der Waals surface area contributed by atoms with Crippen LogP contribution in [0.1, 0.15) is 30.9 Å². The summed E-state index contributed by atoms with van der Waals surface area (Å²) in [6.45, 7) is 7.47. The van der Waals surface area contributed by atoms with E-state index in [1.54, 1.807) is 13.8 Å². The summed E-state index contributed by atoms with van der Waals surface area (Å²) in [6, 6.07) is 2.53. The van der Waals surface area contributed by atoms with E-state index in [1.165, 1.54) is 6.07 Å². The molecule has 0 unspecified atom stereocenters. The fourth-order valence-electron chi connectivity index (χ4n) is 2.75. The standard InChI is InChI=1S/C15H23N3O4S.ClH/c1-11-8-13(18(19)20)9-14(12(11)2)23(21,22)17-10-15(3)4-6-16-7-5-15;/h8-9,16-17H,4-7,10H2,1-3H3;1H. The first kappa shape index (κ1) is 20.8. The Labute approximate surface area is 148 Å². The number of hydrogen-bond acceptors (Lipinski definition) is 5. The second kappa shape index (κ2) is 7.77. The minimum absolute atomic E-state index is 0. The summed E-state index contributed by atoms with van der Waals surface area (Å²) in [4.78, 5) is 10.4. The van der Waals surface area contributed by atoms with Crippen LogP contribution in [0.4, 0.5) is 5.69 Å². The lowest BCUT2D eigenvalue weighted by Crippen LogP contribution is -2.43. The zero-order valence-electron chi connectivity index (χ0n) is 14.1. The van der Waals surface area contributed by atoms with Gasteiger partial charge in [0.15, 0.2) is 0 Å². The van der Waals surface area contributed by atoms with Crippen LogP contribution in [0.3, 0.4) is 0 Å². The van der Waals surface area contributed by atoms with Crippen molar-refractivity contribution >= 4 is 28.1 Å². The van der Waals surface area contributed by atoms with Gasteiger partial charge in [0.1, 0.15) is 0 Å². The summed E-state index contributed by atoms with van der Waals surface area (Å²) in [5.41, 5.74) is 0.829. The molecule has 2 rings (SSSR count). The van der Waals surface area contributed by atoms with Crippen molar-refractivity contribution in [1.82, 2.24) is 10.0 Å². The van der Waals surface area contributed by atoms with Gasteiger partial charge in [0.2, 0.25) is 10.0 Å². The van der Waals surface area contributed by atoms with Gasteiger partial charge in [-0.25, -0.2) is 13.1 Å². The lowest BCUT2D eigenvalue weighted by Gasteiger charge is -2.34. The van der Waals surface area contributed by atoms with Gasteiger partial charge in [0, 0.05) is 18.7 Å². The molecule has 1 aliphatic rings. The van der Waals surface area contributed by atoms with E-state index in [1.807, 2.05) is 0 Å². The number of hydrogen-bond donors (Lipinski definition) is 2. The molecule has 0 radical (unpaired) electrons. The van der Waals surface area contributed by atoms with Gasteiger partial charge >= 0.3 is 0 Å². The number of aryl methyl sites for hydroxylation is 1. The SMILES string of the molecule is Cc1cc([N+](=O)[O-])cc(S(=O)(=O)NCC2(C)CCNCC2)c1C.Cl. The van der Waals surface area contributed by atoms with Crippen LogP contribution in [0, 0.1) is 29.4 Å². The molecule has 1 aromatic rings. The summed E-state index contributed by atoms with van der Waals surface area (Å²) in [7, 11) is -3.78. The first-order valence-electron chi connectivity index (χ1n) is 7.61. The topological polar surface area (TPSA) is 101 Å². The number of rotatable bonds is 5. The van der Waals surface area contributed by atoms with Crippen LogP contribution in [-0.4, -0.2) is 33.0 Å². The molecule has 1 fully saturated rings. The molecule has 1 saturated heterocycles. The summed E-state index contributed by atoms with van der Waals surface area (Å²) >= 11 is 0. The fourth-order valence-corrected chi connectivity index (χ4v) is 4.28. The molecule has 1 aliphatic heterocycles. The molecule has 9 heteroatoms. The van der Waals surface area contributed by atoms with Crippen LogP contribution in [0.2, 0.25) is 0 Å². The third-order valence-corrected chi connectivity index (χ3v) is 6.13. The molecule has 136 valence electrons. The molecule has 0 amide bonds. The minimum atomic E-state index is -3.78. The molecule has 0 spiro atoms. The highest BCUT2D eigenvalue weighted by atomic mass is 35.5. The average Bonchev–Trinajstić information content (AvgIpc) is 2.48. The summed E-state index contributed by atoms with van der Waals surface area (Å²) in [5.74, 6) is 0. The van der Waals surface area contributed by atoms with Gasteiger partial charge in [-0.05, 0) is 56.3 Å². The molecule has 1 heterocycles. The Balaban J connectivity index is 0.00000288. The lowest BCUT2D eigenvalue weighted by molar-refractivity contribution is -0.385. The molecule has 0 aliphatic carbocycles. The molecule has 0 atom stereocenters. The van der Waals surface area contributed by atoms with E-state index in [0.717, 1.165) is 32.0 Å². The fraction of sp³-hybridized carbons (Fsp3) is 0.600. The van der Waals surface area contributed by atoms with Crippen molar-refractivity contribution in [2.75, 3.05) is 19.6 Å². The van der Waals surface area contributed by atoms with Gasteiger partial charge in [-0.15, -0.1) is 12.4 Å². The monoisotopic (exact) mass is 377 g/mol. The molecule has 7 nitrogen and oxygen atoms in total. The zero-order chi connectivity index (χ0) is 17.3. The highest BCUT2D eigenvalue weighted by Gasteiger charge is 2.30. The highest BCUT2D eigenvalue weighted by Crippen LogP contribution is 2.29. The summed E-state index contributed by atoms with van der Waals surface area (Å²) in [5, 5.41) is 14.2. The molecule has 2 N–H and O–H groups in total. The maximum absolute atomic E-state index is 12.6. The van der Waals surface area contributed by atoms with Gasteiger partial charge < -0.3 is 5.32 Å². The first-order chi connectivity index (χ1) is 10.6. The second-order valence-electron chi connectivity index (χ2n) is 6.53. The van der Waals surface area contributed by atoms with Crippen molar-refractivity contribution < 1.29 is 13.3 Å². The van der Waals surface area contributed by atoms with E-state index in [2.05, 4.69) is 17.0 Å². The van der Waals surface area contributed by atoms with Crippen molar-refractivity contribution in [3.05, 3.63) is 33.4 Å². The van der Waals surface area contributed by atoms with Crippen molar-refractivity contribution in [3.63, 3.8) is 0 Å². The molecule has 1 aromatic carbocycles. The number of non-ortho nitro benzene ring substituents is 1. The van der Waals surface area contributed by atoms with Gasteiger partial charge in [-0.3, -0.25) is 10.1 Å². The average molecular weight is 378 g/mol. The quantitative estimate of drug-likeness (QED) is 0.605. The lowest BCUT2D eigenvalue weighted by atomic mass is 9.81. The number of nitrogens with one attached hydrogen (secondary N) is 2. The van der Waals surface area contributed by atoms with Gasteiger partial charge in [-0.1, -0.05) is 6.92 Å². The molecule has 0 bridgehead atoms. The smallest absolute Gasteiger partial charge is 0.271 e. The van der Waals surface area contributed by atoms with E-state index < -0.39 is 14.9 Å². The van der Waals surface area contributed by atoms with Crippen LogP contribution in [0.25, 0.3) is 0 Å². The van der Waals surface area contributed by atoms with Crippen LogP contribution >= 0.6 is 12.4 Å². The molecule has 0 aromatic heterocycles. The van der Waals surface area contributed by atoms with Crippen molar-refractivity contribution in [1.29, 1.82) is 0 Å². The van der Waals surface area contributed by atoms with Gasteiger partial charge in [0.25, 0.3) is 5.69 Å². The van der Waals surface area contributed by atoms with Crippen LogP contribution in [0.15, 0.2) is 17.0 Å². The normalized spacial score (nSPS) is 17.1. The third-order valence-electron chi connectivity index (χ3n) is 4.60. The van der Waals surface area contributed by atoms with Crippen molar-refractivity contribution in [2.45, 2.75) is 38.5 Å².